The van der Waals surface area contributed by atoms with E-state index in [1.54, 1.807) is 0 Å². The maximum absolute atomic E-state index is 11.4. The molecule has 1 atom stereocenters. The van der Waals surface area contributed by atoms with Gasteiger partial charge in [0.2, 0.25) is 5.91 Å². The van der Waals surface area contributed by atoms with Crippen molar-refractivity contribution in [3.05, 3.63) is 35.9 Å². The molecule has 0 fully saturated rings. The van der Waals surface area contributed by atoms with E-state index >= 15 is 0 Å². The third kappa shape index (κ3) is 5.65. The normalized spacial score (nSPS) is 11.2. The molecule has 1 aromatic carbocycles. The first-order valence-corrected chi connectivity index (χ1v) is 5.27. The molecule has 0 heterocycles. The maximum atomic E-state index is 11.4. The summed E-state index contributed by atoms with van der Waals surface area (Å²) in [6.07, 6.45) is -0.0699. The van der Waals surface area contributed by atoms with Gasteiger partial charge in [0.05, 0.1) is 13.5 Å². The van der Waals surface area contributed by atoms with E-state index in [4.69, 9.17) is 5.73 Å². The van der Waals surface area contributed by atoms with Gasteiger partial charge in [0.25, 0.3) is 0 Å². The zero-order valence-corrected chi connectivity index (χ0v) is 10.9. The molecule has 0 aromatic heterocycles. The van der Waals surface area contributed by atoms with E-state index in [2.05, 4.69) is 10.1 Å². The summed E-state index contributed by atoms with van der Waals surface area (Å²) in [6.45, 7) is 0.480. The number of methoxy groups -OCH3 is 1. The molecule has 3 N–H and O–H groups in total. The van der Waals surface area contributed by atoms with Crippen LogP contribution < -0.4 is 11.1 Å². The number of ether oxygens (including phenoxy) is 1. The SMILES string of the molecule is COC(=O)[C@H](CC(N)=O)NCc1ccccc1.Cl. The second-order valence-corrected chi connectivity index (χ2v) is 3.61. The van der Waals surface area contributed by atoms with E-state index in [1.165, 1.54) is 7.11 Å². The highest BCUT2D eigenvalue weighted by molar-refractivity contribution is 5.85. The van der Waals surface area contributed by atoms with Crippen molar-refractivity contribution in [2.75, 3.05) is 7.11 Å². The number of benzene rings is 1. The predicted octanol–water partition coefficient (Wildman–Crippen LogP) is 0.615. The Morgan fingerprint density at radius 3 is 2.44 bits per heavy atom. The summed E-state index contributed by atoms with van der Waals surface area (Å²) in [5.74, 6) is -1.03. The Morgan fingerprint density at radius 1 is 1.33 bits per heavy atom. The summed E-state index contributed by atoms with van der Waals surface area (Å²) < 4.78 is 4.59. The van der Waals surface area contributed by atoms with E-state index in [9.17, 15) is 9.59 Å². The number of hydrogen-bond donors (Lipinski definition) is 2. The molecule has 0 radical (unpaired) electrons. The summed E-state index contributed by atoms with van der Waals surface area (Å²) in [5.41, 5.74) is 6.09. The molecule has 0 bridgehead atoms. The van der Waals surface area contributed by atoms with Crippen LogP contribution in [0.1, 0.15) is 12.0 Å². The number of nitrogens with one attached hydrogen (secondary N) is 1. The molecule has 1 amide bonds. The molecule has 0 saturated carbocycles. The van der Waals surface area contributed by atoms with E-state index in [-0.39, 0.29) is 18.8 Å². The van der Waals surface area contributed by atoms with Gasteiger partial charge in [-0.3, -0.25) is 14.9 Å². The topological polar surface area (TPSA) is 81.4 Å². The Kier molecular flexibility index (Phi) is 7.74. The van der Waals surface area contributed by atoms with Gasteiger partial charge < -0.3 is 10.5 Å². The number of halogens is 1. The Balaban J connectivity index is 0.00000289. The van der Waals surface area contributed by atoms with Gasteiger partial charge in [-0.05, 0) is 5.56 Å². The quantitative estimate of drug-likeness (QED) is 0.744. The molecule has 0 unspecified atom stereocenters. The second-order valence-electron chi connectivity index (χ2n) is 3.61. The largest absolute Gasteiger partial charge is 0.468 e. The van der Waals surface area contributed by atoms with Crippen LogP contribution in [0.25, 0.3) is 0 Å². The number of nitrogens with two attached hydrogens (primary N) is 1. The van der Waals surface area contributed by atoms with Crippen molar-refractivity contribution in [3.63, 3.8) is 0 Å². The minimum Gasteiger partial charge on any atom is -0.468 e. The molecule has 100 valence electrons. The summed E-state index contributed by atoms with van der Waals surface area (Å²) in [4.78, 5) is 22.2. The van der Waals surface area contributed by atoms with E-state index in [0.717, 1.165) is 5.56 Å². The molecule has 0 spiro atoms. The highest BCUT2D eigenvalue weighted by Crippen LogP contribution is 2.01. The van der Waals surface area contributed by atoms with Crippen LogP contribution >= 0.6 is 12.4 Å². The number of rotatable bonds is 6. The lowest BCUT2D eigenvalue weighted by atomic mass is 10.1. The highest BCUT2D eigenvalue weighted by atomic mass is 35.5. The van der Waals surface area contributed by atoms with Crippen LogP contribution in [-0.2, 0) is 20.9 Å². The van der Waals surface area contributed by atoms with Crippen molar-refractivity contribution in [3.8, 4) is 0 Å². The number of carbonyl (C=O) groups is 2. The fourth-order valence-corrected chi connectivity index (χ4v) is 1.42. The van der Waals surface area contributed by atoms with E-state index < -0.39 is 17.9 Å². The average molecular weight is 273 g/mol. The monoisotopic (exact) mass is 272 g/mol. The van der Waals surface area contributed by atoms with Gasteiger partial charge in [-0.15, -0.1) is 12.4 Å². The van der Waals surface area contributed by atoms with Crippen LogP contribution in [0, 0.1) is 0 Å². The van der Waals surface area contributed by atoms with Crippen molar-refractivity contribution >= 4 is 24.3 Å². The first-order chi connectivity index (χ1) is 8.13. The van der Waals surface area contributed by atoms with Gasteiger partial charge in [-0.25, -0.2) is 0 Å². The summed E-state index contributed by atoms with van der Waals surface area (Å²) >= 11 is 0. The lowest BCUT2D eigenvalue weighted by molar-refractivity contribution is -0.144. The number of hydrogen-bond acceptors (Lipinski definition) is 4. The third-order valence-corrected chi connectivity index (χ3v) is 2.29. The van der Waals surface area contributed by atoms with Crippen molar-refractivity contribution in [2.24, 2.45) is 5.73 Å². The Hall–Kier alpha value is -1.59. The first-order valence-electron chi connectivity index (χ1n) is 5.27. The number of carbonyl (C=O) groups excluding carboxylic acids is 2. The van der Waals surface area contributed by atoms with Crippen molar-refractivity contribution in [1.29, 1.82) is 0 Å². The zero-order valence-electron chi connectivity index (χ0n) is 10.1. The minimum absolute atomic E-state index is 0. The van der Waals surface area contributed by atoms with Crippen LogP contribution in [0.15, 0.2) is 30.3 Å². The standard InChI is InChI=1S/C12H16N2O3.ClH/c1-17-12(16)10(7-11(13)15)14-8-9-5-3-2-4-6-9;/h2-6,10,14H,7-8H2,1H3,(H2,13,15);1H/t10-;/m0./s1. The molecule has 5 nitrogen and oxygen atoms in total. The maximum Gasteiger partial charge on any atom is 0.323 e. The van der Waals surface area contributed by atoms with Crippen LogP contribution in [0.4, 0.5) is 0 Å². The van der Waals surface area contributed by atoms with Crippen LogP contribution in [0.2, 0.25) is 0 Å². The number of amides is 1. The van der Waals surface area contributed by atoms with Gasteiger partial charge in [0.15, 0.2) is 0 Å². The Bertz CT molecular complexity index is 384. The van der Waals surface area contributed by atoms with Crippen LogP contribution in [0.3, 0.4) is 0 Å². The molecule has 0 aliphatic carbocycles. The zero-order chi connectivity index (χ0) is 12.7. The first kappa shape index (κ1) is 16.4. The molecule has 6 heteroatoms. The van der Waals surface area contributed by atoms with Crippen molar-refractivity contribution in [1.82, 2.24) is 5.32 Å². The molecular formula is C12H17ClN2O3. The molecule has 0 aliphatic rings. The van der Waals surface area contributed by atoms with E-state index in [0.29, 0.717) is 6.54 Å². The fourth-order valence-electron chi connectivity index (χ4n) is 1.42. The fraction of sp³-hybridized carbons (Fsp3) is 0.333. The van der Waals surface area contributed by atoms with Crippen LogP contribution in [0.5, 0.6) is 0 Å². The van der Waals surface area contributed by atoms with Crippen molar-refractivity contribution < 1.29 is 14.3 Å². The van der Waals surface area contributed by atoms with Gasteiger partial charge in [0.1, 0.15) is 6.04 Å². The molecular weight excluding hydrogens is 256 g/mol. The summed E-state index contributed by atoms with van der Waals surface area (Å²) in [6, 6.07) is 8.86. The molecule has 1 rings (SSSR count). The number of esters is 1. The number of primary amides is 1. The third-order valence-electron chi connectivity index (χ3n) is 2.29. The van der Waals surface area contributed by atoms with Crippen molar-refractivity contribution in [2.45, 2.75) is 19.0 Å². The summed E-state index contributed by atoms with van der Waals surface area (Å²) in [7, 11) is 1.28. The van der Waals surface area contributed by atoms with Crippen LogP contribution in [-0.4, -0.2) is 25.0 Å². The lowest BCUT2D eigenvalue weighted by Gasteiger charge is -2.14. The lowest BCUT2D eigenvalue weighted by Crippen LogP contribution is -2.40. The molecule has 0 aliphatic heterocycles. The molecule has 0 saturated heterocycles. The molecule has 1 aromatic rings. The van der Waals surface area contributed by atoms with Gasteiger partial charge >= 0.3 is 5.97 Å². The average Bonchev–Trinajstić information content (AvgIpc) is 2.34. The smallest absolute Gasteiger partial charge is 0.323 e. The minimum atomic E-state index is -0.697. The Morgan fingerprint density at radius 2 is 1.94 bits per heavy atom. The predicted molar refractivity (Wildman–Crippen MR) is 70.1 cm³/mol. The van der Waals surface area contributed by atoms with Gasteiger partial charge in [-0.2, -0.15) is 0 Å². The summed E-state index contributed by atoms with van der Waals surface area (Å²) in [5, 5.41) is 2.94. The van der Waals surface area contributed by atoms with Gasteiger partial charge in [-0.1, -0.05) is 30.3 Å². The second kappa shape index (κ2) is 8.49. The Labute approximate surface area is 112 Å². The van der Waals surface area contributed by atoms with Gasteiger partial charge in [0, 0.05) is 6.54 Å². The van der Waals surface area contributed by atoms with E-state index in [1.807, 2.05) is 30.3 Å². The molecule has 18 heavy (non-hydrogen) atoms. The highest BCUT2D eigenvalue weighted by Gasteiger charge is 2.20.